The monoisotopic (exact) mass is 296 g/mol. The van der Waals surface area contributed by atoms with Gasteiger partial charge in [0.15, 0.2) is 0 Å². The summed E-state index contributed by atoms with van der Waals surface area (Å²) in [5, 5.41) is -0.165. The topological polar surface area (TPSA) is 26.3 Å². The lowest BCUT2D eigenvalue weighted by atomic mass is 10.1. The van der Waals surface area contributed by atoms with Crippen LogP contribution in [-0.4, -0.2) is 29.5 Å². The number of thioether (sulfide) groups is 1. The number of esters is 1. The second kappa shape index (κ2) is 9.56. The van der Waals surface area contributed by atoms with Gasteiger partial charge in [-0.3, -0.25) is 4.79 Å². The number of carbonyl (C=O) groups excluding carboxylic acids is 1. The van der Waals surface area contributed by atoms with E-state index < -0.39 is 5.92 Å². The Kier molecular flexibility index (Phi) is 9.40. The van der Waals surface area contributed by atoms with Crippen LogP contribution in [0.2, 0.25) is 0 Å². The van der Waals surface area contributed by atoms with E-state index in [0.717, 1.165) is 19.1 Å². The first-order chi connectivity index (χ1) is 8.76. The zero-order valence-electron chi connectivity index (χ0n) is 12.4. The van der Waals surface area contributed by atoms with E-state index >= 15 is 0 Å². The third-order valence-electron chi connectivity index (χ3n) is 2.56. The summed E-state index contributed by atoms with van der Waals surface area (Å²) in [6.45, 7) is 7.24. The Morgan fingerprint density at radius 1 is 1.32 bits per heavy atom. The third kappa shape index (κ3) is 11.2. The van der Waals surface area contributed by atoms with Crippen molar-refractivity contribution in [3.63, 3.8) is 0 Å². The van der Waals surface area contributed by atoms with Crippen molar-refractivity contribution in [3.05, 3.63) is 0 Å². The van der Waals surface area contributed by atoms with Gasteiger partial charge in [-0.1, -0.05) is 13.8 Å². The van der Waals surface area contributed by atoms with E-state index in [9.17, 15) is 13.6 Å². The molecule has 114 valence electrons. The van der Waals surface area contributed by atoms with Crippen LogP contribution < -0.4 is 0 Å². The molecule has 1 unspecified atom stereocenters. The van der Waals surface area contributed by atoms with Gasteiger partial charge in [0.2, 0.25) is 5.92 Å². The fourth-order valence-corrected chi connectivity index (χ4v) is 3.04. The number of hydrogen-bond acceptors (Lipinski definition) is 3. The van der Waals surface area contributed by atoms with Crippen molar-refractivity contribution in [1.29, 1.82) is 0 Å². The molecule has 0 aliphatic heterocycles. The maximum Gasteiger partial charge on any atom is 0.319 e. The molecule has 0 fully saturated rings. The van der Waals surface area contributed by atoms with Gasteiger partial charge in [-0.15, -0.1) is 11.8 Å². The van der Waals surface area contributed by atoms with Crippen LogP contribution in [0.3, 0.4) is 0 Å². The maximum atomic E-state index is 12.6. The molecule has 0 rings (SSSR count). The number of rotatable bonds is 10. The smallest absolute Gasteiger partial charge is 0.319 e. The summed E-state index contributed by atoms with van der Waals surface area (Å²) in [7, 11) is 0. The summed E-state index contributed by atoms with van der Waals surface area (Å²) in [5.74, 6) is -1.61. The van der Waals surface area contributed by atoms with Crippen LogP contribution in [0.5, 0.6) is 0 Å². The van der Waals surface area contributed by atoms with Gasteiger partial charge in [-0.25, -0.2) is 8.78 Å². The van der Waals surface area contributed by atoms with E-state index in [1.807, 2.05) is 0 Å². The van der Waals surface area contributed by atoms with E-state index in [2.05, 4.69) is 13.8 Å². The first-order valence-electron chi connectivity index (χ1n) is 6.92. The first kappa shape index (κ1) is 18.7. The molecule has 0 aromatic carbocycles. The Morgan fingerprint density at radius 2 is 1.95 bits per heavy atom. The number of unbranched alkanes of at least 4 members (excludes halogenated alkanes) is 1. The highest BCUT2D eigenvalue weighted by Crippen LogP contribution is 2.24. The predicted octanol–water partition coefficient (Wildman–Crippen LogP) is 4.52. The van der Waals surface area contributed by atoms with Gasteiger partial charge in [0.05, 0.1) is 6.61 Å². The highest BCUT2D eigenvalue weighted by molar-refractivity contribution is 8.00. The Morgan fingerprint density at radius 3 is 2.42 bits per heavy atom. The van der Waals surface area contributed by atoms with E-state index in [1.165, 1.54) is 11.8 Å². The molecule has 1 atom stereocenters. The Hall–Kier alpha value is -0.320. The lowest BCUT2D eigenvalue weighted by Gasteiger charge is -2.17. The third-order valence-corrected chi connectivity index (χ3v) is 3.88. The minimum atomic E-state index is -2.58. The molecule has 0 amide bonds. The van der Waals surface area contributed by atoms with E-state index in [-0.39, 0.29) is 17.6 Å². The lowest BCUT2D eigenvalue weighted by molar-refractivity contribution is -0.142. The van der Waals surface area contributed by atoms with Crippen LogP contribution in [0.25, 0.3) is 0 Å². The summed E-state index contributed by atoms with van der Waals surface area (Å²) in [6, 6.07) is 0. The molecule has 0 bridgehead atoms. The van der Waals surface area contributed by atoms with Crippen molar-refractivity contribution in [2.24, 2.45) is 5.92 Å². The molecule has 0 radical (unpaired) electrons. The second-order valence-electron chi connectivity index (χ2n) is 5.27. The number of alkyl halides is 2. The Balaban J connectivity index is 3.96. The molecule has 2 nitrogen and oxygen atoms in total. The molecule has 5 heteroatoms. The SMILES string of the molecule is CCOC(=O)C(CC(C)C)SCCCCC(C)(F)F. The number of hydrogen-bond donors (Lipinski definition) is 0. The molecule has 0 aromatic rings. The van der Waals surface area contributed by atoms with Crippen LogP contribution in [0.15, 0.2) is 0 Å². The summed E-state index contributed by atoms with van der Waals surface area (Å²) in [4.78, 5) is 11.7. The standard InChI is InChI=1S/C14H26F2O2S/c1-5-18-13(17)12(10-11(2)3)19-9-7-6-8-14(4,15)16/h11-12H,5-10H2,1-4H3. The van der Waals surface area contributed by atoms with Crippen molar-refractivity contribution < 1.29 is 18.3 Å². The predicted molar refractivity (Wildman–Crippen MR) is 76.8 cm³/mol. The van der Waals surface area contributed by atoms with Crippen molar-refractivity contribution in [2.45, 2.75) is 64.6 Å². The molecule has 0 spiro atoms. The zero-order valence-corrected chi connectivity index (χ0v) is 13.2. The number of carbonyl (C=O) groups is 1. The average molecular weight is 296 g/mol. The summed E-state index contributed by atoms with van der Waals surface area (Å²) in [5.41, 5.74) is 0. The molecule has 0 heterocycles. The van der Waals surface area contributed by atoms with Gasteiger partial charge >= 0.3 is 5.97 Å². The van der Waals surface area contributed by atoms with Crippen molar-refractivity contribution in [1.82, 2.24) is 0 Å². The van der Waals surface area contributed by atoms with Crippen molar-refractivity contribution >= 4 is 17.7 Å². The van der Waals surface area contributed by atoms with Crippen LogP contribution in [0, 0.1) is 5.92 Å². The van der Waals surface area contributed by atoms with Crippen LogP contribution in [0.1, 0.15) is 53.4 Å². The largest absolute Gasteiger partial charge is 0.465 e. The summed E-state index contributed by atoms with van der Waals surface area (Å²) < 4.78 is 30.3. The molecule has 0 N–H and O–H groups in total. The molecule has 0 saturated heterocycles. The lowest BCUT2D eigenvalue weighted by Crippen LogP contribution is -2.22. The highest BCUT2D eigenvalue weighted by Gasteiger charge is 2.22. The van der Waals surface area contributed by atoms with Crippen molar-refractivity contribution in [2.75, 3.05) is 12.4 Å². The Bertz CT molecular complexity index is 252. The fraction of sp³-hybridized carbons (Fsp3) is 0.929. The van der Waals surface area contributed by atoms with Gasteiger partial charge in [-0.2, -0.15) is 0 Å². The van der Waals surface area contributed by atoms with E-state index in [1.54, 1.807) is 6.92 Å². The van der Waals surface area contributed by atoms with E-state index in [0.29, 0.717) is 25.4 Å². The molecule has 19 heavy (non-hydrogen) atoms. The second-order valence-corrected chi connectivity index (χ2v) is 6.58. The normalized spacial score (nSPS) is 13.6. The fourth-order valence-electron chi connectivity index (χ4n) is 1.66. The number of ether oxygens (including phenoxy) is 1. The minimum absolute atomic E-state index is 0.0815. The van der Waals surface area contributed by atoms with Crippen LogP contribution in [-0.2, 0) is 9.53 Å². The minimum Gasteiger partial charge on any atom is -0.465 e. The zero-order chi connectivity index (χ0) is 14.9. The molecule has 0 aliphatic carbocycles. The molecule has 0 aliphatic rings. The van der Waals surface area contributed by atoms with Crippen LogP contribution >= 0.6 is 11.8 Å². The summed E-state index contributed by atoms with van der Waals surface area (Å²) in [6.07, 6.45) is 1.89. The molecular weight excluding hydrogens is 270 g/mol. The molecule has 0 aromatic heterocycles. The van der Waals surface area contributed by atoms with Crippen LogP contribution in [0.4, 0.5) is 8.78 Å². The molecular formula is C14H26F2O2S. The first-order valence-corrected chi connectivity index (χ1v) is 7.97. The van der Waals surface area contributed by atoms with Gasteiger partial charge < -0.3 is 4.74 Å². The van der Waals surface area contributed by atoms with E-state index in [4.69, 9.17) is 4.74 Å². The average Bonchev–Trinajstić information content (AvgIpc) is 2.25. The summed E-state index contributed by atoms with van der Waals surface area (Å²) >= 11 is 1.53. The van der Waals surface area contributed by atoms with Gasteiger partial charge in [0.25, 0.3) is 0 Å². The van der Waals surface area contributed by atoms with Gasteiger partial charge in [-0.05, 0) is 44.8 Å². The molecule has 0 saturated carbocycles. The quantitative estimate of drug-likeness (QED) is 0.438. The Labute approximate surface area is 119 Å². The maximum absolute atomic E-state index is 12.6. The van der Waals surface area contributed by atoms with Gasteiger partial charge in [0, 0.05) is 6.42 Å². The van der Waals surface area contributed by atoms with Gasteiger partial charge in [0.1, 0.15) is 5.25 Å². The highest BCUT2D eigenvalue weighted by atomic mass is 32.2. The van der Waals surface area contributed by atoms with Crippen molar-refractivity contribution in [3.8, 4) is 0 Å². The number of halogens is 2.